The zero-order valence-electron chi connectivity index (χ0n) is 13.3. The Morgan fingerprint density at radius 1 is 1.39 bits per heavy atom. The van der Waals surface area contributed by atoms with E-state index in [9.17, 15) is 9.18 Å². The molecular formula is C18H20FNO3. The Labute approximate surface area is 134 Å². The molecule has 0 bridgehead atoms. The minimum Gasteiger partial charge on any atom is -0.493 e. The smallest absolute Gasteiger partial charge is 0.253 e. The first-order valence-corrected chi connectivity index (χ1v) is 7.72. The summed E-state index contributed by atoms with van der Waals surface area (Å²) in [6.07, 6.45) is 2.69. The molecule has 2 aromatic rings. The molecule has 1 aromatic carbocycles. The van der Waals surface area contributed by atoms with Crippen LogP contribution in [0.1, 0.15) is 12.0 Å². The number of pyridine rings is 1. The van der Waals surface area contributed by atoms with E-state index in [1.54, 1.807) is 32.3 Å². The van der Waals surface area contributed by atoms with E-state index < -0.39 is 0 Å². The Hall–Kier alpha value is -2.14. The van der Waals surface area contributed by atoms with Gasteiger partial charge >= 0.3 is 0 Å². The molecule has 0 saturated carbocycles. The molecule has 1 aliphatic heterocycles. The summed E-state index contributed by atoms with van der Waals surface area (Å²) in [7, 11) is 1.69. The SMILES string of the molecule is Cc1cc(-c2cc(F)ccc2OCC2CCOC2)cn(C)c1=O. The van der Waals surface area contributed by atoms with Crippen molar-refractivity contribution in [3.63, 3.8) is 0 Å². The van der Waals surface area contributed by atoms with Crippen molar-refractivity contribution in [3.05, 3.63) is 52.2 Å². The van der Waals surface area contributed by atoms with E-state index in [2.05, 4.69) is 0 Å². The lowest BCUT2D eigenvalue weighted by molar-refractivity contribution is 0.167. The highest BCUT2D eigenvalue weighted by Gasteiger charge is 2.18. The van der Waals surface area contributed by atoms with Gasteiger partial charge in [-0.05, 0) is 37.6 Å². The van der Waals surface area contributed by atoms with Gasteiger partial charge in [-0.1, -0.05) is 0 Å². The number of nitrogens with zero attached hydrogens (tertiary/aromatic N) is 1. The molecule has 1 atom stereocenters. The molecule has 0 spiro atoms. The summed E-state index contributed by atoms with van der Waals surface area (Å²) in [5.74, 6) is 0.661. The van der Waals surface area contributed by atoms with Crippen LogP contribution in [0.15, 0.2) is 35.3 Å². The Morgan fingerprint density at radius 2 is 2.22 bits per heavy atom. The summed E-state index contributed by atoms with van der Waals surface area (Å²) < 4.78 is 26.5. The third kappa shape index (κ3) is 3.45. The molecule has 1 aliphatic rings. The normalized spacial score (nSPS) is 17.4. The Balaban J connectivity index is 1.94. The van der Waals surface area contributed by atoms with Crippen LogP contribution in [0.25, 0.3) is 11.1 Å². The first-order valence-electron chi connectivity index (χ1n) is 7.72. The van der Waals surface area contributed by atoms with Crippen molar-refractivity contribution in [2.45, 2.75) is 13.3 Å². The quantitative estimate of drug-likeness (QED) is 0.870. The van der Waals surface area contributed by atoms with Crippen molar-refractivity contribution in [2.24, 2.45) is 13.0 Å². The molecule has 3 rings (SSSR count). The lowest BCUT2D eigenvalue weighted by Gasteiger charge is -2.15. The van der Waals surface area contributed by atoms with Gasteiger partial charge in [0.1, 0.15) is 11.6 Å². The van der Waals surface area contributed by atoms with E-state index in [1.807, 2.05) is 0 Å². The fraction of sp³-hybridized carbons (Fsp3) is 0.389. The van der Waals surface area contributed by atoms with Gasteiger partial charge < -0.3 is 14.0 Å². The lowest BCUT2D eigenvalue weighted by Crippen LogP contribution is -2.18. The van der Waals surface area contributed by atoms with E-state index >= 15 is 0 Å². The van der Waals surface area contributed by atoms with Crippen molar-refractivity contribution in [2.75, 3.05) is 19.8 Å². The maximum absolute atomic E-state index is 13.7. The fourth-order valence-corrected chi connectivity index (χ4v) is 2.80. The third-order valence-corrected chi connectivity index (χ3v) is 4.11. The zero-order chi connectivity index (χ0) is 16.4. The molecule has 0 amide bonds. The summed E-state index contributed by atoms with van der Waals surface area (Å²) in [6.45, 7) is 3.77. The highest BCUT2D eigenvalue weighted by atomic mass is 19.1. The first kappa shape index (κ1) is 15.7. The molecule has 1 unspecified atom stereocenters. The maximum Gasteiger partial charge on any atom is 0.253 e. The van der Waals surface area contributed by atoms with Gasteiger partial charge in [-0.15, -0.1) is 0 Å². The molecule has 0 N–H and O–H groups in total. The zero-order valence-corrected chi connectivity index (χ0v) is 13.3. The minimum absolute atomic E-state index is 0.0595. The predicted molar refractivity (Wildman–Crippen MR) is 86.2 cm³/mol. The second-order valence-corrected chi connectivity index (χ2v) is 6.01. The number of hydrogen-bond acceptors (Lipinski definition) is 3. The van der Waals surface area contributed by atoms with Crippen LogP contribution in [0.4, 0.5) is 4.39 Å². The molecule has 4 nitrogen and oxygen atoms in total. The Kier molecular flexibility index (Phi) is 4.48. The van der Waals surface area contributed by atoms with Crippen molar-refractivity contribution in [3.8, 4) is 16.9 Å². The number of aryl methyl sites for hydroxylation is 2. The number of rotatable bonds is 4. The summed E-state index contributed by atoms with van der Waals surface area (Å²) in [5, 5.41) is 0. The van der Waals surface area contributed by atoms with Crippen molar-refractivity contribution in [1.29, 1.82) is 0 Å². The van der Waals surface area contributed by atoms with E-state index in [0.717, 1.165) is 18.6 Å². The summed E-state index contributed by atoms with van der Waals surface area (Å²) in [4.78, 5) is 11.8. The monoisotopic (exact) mass is 317 g/mol. The number of halogens is 1. The first-order chi connectivity index (χ1) is 11.0. The average molecular weight is 317 g/mol. The van der Waals surface area contributed by atoms with Crippen molar-refractivity contribution in [1.82, 2.24) is 4.57 Å². The van der Waals surface area contributed by atoms with Crippen molar-refractivity contribution >= 4 is 0 Å². The highest BCUT2D eigenvalue weighted by Crippen LogP contribution is 2.31. The minimum atomic E-state index is -0.331. The van der Waals surface area contributed by atoms with Gasteiger partial charge in [-0.25, -0.2) is 4.39 Å². The van der Waals surface area contributed by atoms with E-state index in [-0.39, 0.29) is 11.4 Å². The molecule has 2 heterocycles. The fourth-order valence-electron chi connectivity index (χ4n) is 2.80. The predicted octanol–water partition coefficient (Wildman–Crippen LogP) is 2.92. The molecule has 1 saturated heterocycles. The topological polar surface area (TPSA) is 40.5 Å². The molecule has 122 valence electrons. The average Bonchev–Trinajstić information content (AvgIpc) is 3.04. The number of hydrogen-bond donors (Lipinski definition) is 0. The van der Waals surface area contributed by atoms with Crippen LogP contribution in [0.5, 0.6) is 5.75 Å². The van der Waals surface area contributed by atoms with E-state index in [1.165, 1.54) is 16.7 Å². The van der Waals surface area contributed by atoms with E-state index in [0.29, 0.717) is 36.0 Å². The van der Waals surface area contributed by atoms with Crippen LogP contribution in [0, 0.1) is 18.7 Å². The Bertz CT molecular complexity index is 737. The van der Waals surface area contributed by atoms with Gasteiger partial charge in [0, 0.05) is 42.5 Å². The summed E-state index contributed by atoms with van der Waals surface area (Å²) in [6, 6.07) is 6.24. The van der Waals surface area contributed by atoms with Crippen LogP contribution >= 0.6 is 0 Å². The van der Waals surface area contributed by atoms with Gasteiger partial charge in [0.25, 0.3) is 5.56 Å². The highest BCUT2D eigenvalue weighted by molar-refractivity contribution is 5.70. The molecule has 23 heavy (non-hydrogen) atoms. The van der Waals surface area contributed by atoms with Gasteiger partial charge in [0.2, 0.25) is 0 Å². The molecule has 1 fully saturated rings. The largest absolute Gasteiger partial charge is 0.493 e. The van der Waals surface area contributed by atoms with Gasteiger partial charge in [-0.2, -0.15) is 0 Å². The van der Waals surface area contributed by atoms with Crippen LogP contribution < -0.4 is 10.3 Å². The van der Waals surface area contributed by atoms with Crippen LogP contribution in [0.2, 0.25) is 0 Å². The maximum atomic E-state index is 13.7. The second kappa shape index (κ2) is 6.54. The van der Waals surface area contributed by atoms with E-state index in [4.69, 9.17) is 9.47 Å². The number of ether oxygens (including phenoxy) is 2. The molecule has 0 radical (unpaired) electrons. The lowest BCUT2D eigenvalue weighted by atomic mass is 10.0. The molecule has 5 heteroatoms. The molecule has 1 aromatic heterocycles. The summed E-state index contributed by atoms with van der Waals surface area (Å²) in [5.41, 5.74) is 1.98. The second-order valence-electron chi connectivity index (χ2n) is 6.01. The van der Waals surface area contributed by atoms with Crippen molar-refractivity contribution < 1.29 is 13.9 Å². The number of benzene rings is 1. The molecule has 0 aliphatic carbocycles. The Morgan fingerprint density at radius 3 is 2.91 bits per heavy atom. The number of aromatic nitrogens is 1. The van der Waals surface area contributed by atoms with Crippen LogP contribution in [0.3, 0.4) is 0 Å². The third-order valence-electron chi connectivity index (χ3n) is 4.11. The summed E-state index contributed by atoms with van der Waals surface area (Å²) >= 11 is 0. The van der Waals surface area contributed by atoms with Gasteiger partial charge in [0.15, 0.2) is 0 Å². The molecular weight excluding hydrogens is 297 g/mol. The van der Waals surface area contributed by atoms with Crippen LogP contribution in [-0.2, 0) is 11.8 Å². The van der Waals surface area contributed by atoms with Gasteiger partial charge in [0.05, 0.1) is 13.2 Å². The van der Waals surface area contributed by atoms with Crippen LogP contribution in [-0.4, -0.2) is 24.4 Å². The standard InChI is InChI=1S/C18H20FNO3/c1-12-7-14(9-20(2)18(12)21)16-8-15(19)3-4-17(16)23-11-13-5-6-22-10-13/h3-4,7-9,13H,5-6,10-11H2,1-2H3. The van der Waals surface area contributed by atoms with Gasteiger partial charge in [-0.3, -0.25) is 4.79 Å².